The van der Waals surface area contributed by atoms with Gasteiger partial charge in [0.05, 0.1) is 5.60 Å². The van der Waals surface area contributed by atoms with Gasteiger partial charge in [-0.05, 0) is 72.4 Å². The quantitative estimate of drug-likeness (QED) is 0.193. The Morgan fingerprint density at radius 1 is 0.844 bits per heavy atom. The number of nitrogens with zero attached hydrogens (tertiary/aromatic N) is 1. The summed E-state index contributed by atoms with van der Waals surface area (Å²) in [5, 5.41) is 11.2. The molecule has 12 nitrogen and oxygen atoms in total. The van der Waals surface area contributed by atoms with E-state index >= 15 is 0 Å². The molecule has 0 aromatic heterocycles. The number of nitrogens with one attached hydrogen (secondary N) is 4. The SMILES string of the molecule is Cc1ccc(NC(=O)[C@H](C)NC(=O)C(NC(=O)CCC(C)(C)OCCC(C)(C)NC(=O)CCN2C(=O)CCC2=O)C(C)C)cc1. The largest absolute Gasteiger partial charge is 0.375 e. The third-order valence-electron chi connectivity index (χ3n) is 7.71. The fourth-order valence-corrected chi connectivity index (χ4v) is 4.69. The van der Waals surface area contributed by atoms with E-state index in [1.807, 2.05) is 60.6 Å². The van der Waals surface area contributed by atoms with Crippen LogP contribution in [0.1, 0.15) is 92.6 Å². The van der Waals surface area contributed by atoms with Gasteiger partial charge < -0.3 is 26.0 Å². The Kier molecular flexibility index (Phi) is 13.7. The van der Waals surface area contributed by atoms with Gasteiger partial charge in [0.2, 0.25) is 35.4 Å². The van der Waals surface area contributed by atoms with Gasteiger partial charge >= 0.3 is 0 Å². The van der Waals surface area contributed by atoms with Crippen LogP contribution < -0.4 is 21.3 Å². The molecule has 1 heterocycles. The Morgan fingerprint density at radius 3 is 2.02 bits per heavy atom. The van der Waals surface area contributed by atoms with E-state index in [-0.39, 0.29) is 67.7 Å². The lowest BCUT2D eigenvalue weighted by Crippen LogP contribution is -2.53. The normalized spacial score (nSPS) is 15.1. The maximum absolute atomic E-state index is 13.0. The van der Waals surface area contributed by atoms with Crippen molar-refractivity contribution in [1.82, 2.24) is 20.9 Å². The summed E-state index contributed by atoms with van der Waals surface area (Å²) in [6, 6.07) is 5.71. The molecule has 1 fully saturated rings. The van der Waals surface area contributed by atoms with E-state index in [4.69, 9.17) is 4.74 Å². The van der Waals surface area contributed by atoms with Crippen LogP contribution in [0.3, 0.4) is 0 Å². The van der Waals surface area contributed by atoms with Crippen LogP contribution in [-0.4, -0.2) is 76.7 Å². The summed E-state index contributed by atoms with van der Waals surface area (Å²) < 4.78 is 6.05. The number of aryl methyl sites for hydroxylation is 1. The molecule has 1 aliphatic heterocycles. The standard InChI is InChI=1S/C33H51N5O7/c1-21(2)29(31(44)34-23(4)30(43)35-24-11-9-22(3)10-12-24)36-25(39)15-17-33(7,8)45-20-18-32(5,6)37-26(40)16-19-38-27(41)13-14-28(38)42/h9-12,21,23,29H,13-20H2,1-8H3,(H,34,44)(H,35,43)(H,36,39)(H,37,40)/t23-,29?/m0/s1. The number of ether oxygens (including phenoxy) is 1. The molecule has 0 bridgehead atoms. The minimum Gasteiger partial charge on any atom is -0.375 e. The van der Waals surface area contributed by atoms with Gasteiger partial charge in [-0.25, -0.2) is 0 Å². The smallest absolute Gasteiger partial charge is 0.246 e. The molecule has 6 amide bonds. The zero-order valence-corrected chi connectivity index (χ0v) is 28.0. The van der Waals surface area contributed by atoms with Crippen LogP contribution in [0.15, 0.2) is 24.3 Å². The van der Waals surface area contributed by atoms with Gasteiger partial charge in [0.1, 0.15) is 12.1 Å². The first-order chi connectivity index (χ1) is 20.9. The van der Waals surface area contributed by atoms with E-state index in [0.29, 0.717) is 25.1 Å². The molecule has 0 saturated carbocycles. The van der Waals surface area contributed by atoms with Crippen LogP contribution in [-0.2, 0) is 33.5 Å². The zero-order chi connectivity index (χ0) is 33.9. The van der Waals surface area contributed by atoms with Crippen molar-refractivity contribution >= 4 is 41.1 Å². The molecule has 1 saturated heterocycles. The van der Waals surface area contributed by atoms with Crippen molar-refractivity contribution in [3.63, 3.8) is 0 Å². The molecule has 0 spiro atoms. The molecule has 45 heavy (non-hydrogen) atoms. The van der Waals surface area contributed by atoms with Gasteiger partial charge in [-0.15, -0.1) is 0 Å². The fourth-order valence-electron chi connectivity index (χ4n) is 4.69. The molecule has 250 valence electrons. The number of rotatable bonds is 17. The van der Waals surface area contributed by atoms with Crippen molar-refractivity contribution in [1.29, 1.82) is 0 Å². The molecule has 0 radical (unpaired) electrons. The third-order valence-corrected chi connectivity index (χ3v) is 7.71. The molecule has 1 aliphatic rings. The maximum atomic E-state index is 13.0. The highest BCUT2D eigenvalue weighted by molar-refractivity contribution is 6.02. The lowest BCUT2D eigenvalue weighted by molar-refractivity contribution is -0.138. The predicted octanol–water partition coefficient (Wildman–Crippen LogP) is 2.98. The molecule has 1 aromatic rings. The predicted molar refractivity (Wildman–Crippen MR) is 171 cm³/mol. The second-order valence-electron chi connectivity index (χ2n) is 13.4. The molecule has 2 rings (SSSR count). The summed E-state index contributed by atoms with van der Waals surface area (Å²) in [7, 11) is 0. The molecular weight excluding hydrogens is 578 g/mol. The van der Waals surface area contributed by atoms with Crippen LogP contribution in [0.4, 0.5) is 5.69 Å². The van der Waals surface area contributed by atoms with Crippen LogP contribution in [0.5, 0.6) is 0 Å². The van der Waals surface area contributed by atoms with Crippen molar-refractivity contribution in [3.8, 4) is 0 Å². The van der Waals surface area contributed by atoms with Crippen molar-refractivity contribution in [2.45, 2.75) is 117 Å². The highest BCUT2D eigenvalue weighted by atomic mass is 16.5. The van der Waals surface area contributed by atoms with E-state index in [0.717, 1.165) is 10.5 Å². The number of likely N-dealkylation sites (tertiary alicyclic amines) is 1. The summed E-state index contributed by atoms with van der Waals surface area (Å²) >= 11 is 0. The van der Waals surface area contributed by atoms with Crippen LogP contribution >= 0.6 is 0 Å². The van der Waals surface area contributed by atoms with Crippen LogP contribution in [0, 0.1) is 12.8 Å². The summed E-state index contributed by atoms with van der Waals surface area (Å²) in [6.45, 7) is 15.1. The first-order valence-electron chi connectivity index (χ1n) is 15.6. The number of amides is 6. The van der Waals surface area contributed by atoms with E-state index in [9.17, 15) is 28.8 Å². The van der Waals surface area contributed by atoms with Crippen molar-refractivity contribution in [2.24, 2.45) is 5.92 Å². The number of hydrogen-bond donors (Lipinski definition) is 4. The lowest BCUT2D eigenvalue weighted by atomic mass is 9.98. The molecule has 1 aromatic carbocycles. The minimum absolute atomic E-state index is 0.0390. The van der Waals surface area contributed by atoms with Gasteiger partial charge in [0.25, 0.3) is 0 Å². The fraction of sp³-hybridized carbons (Fsp3) is 0.636. The van der Waals surface area contributed by atoms with E-state index in [2.05, 4.69) is 21.3 Å². The van der Waals surface area contributed by atoms with Gasteiger partial charge in [0.15, 0.2) is 0 Å². The molecular formula is C33H51N5O7. The highest BCUT2D eigenvalue weighted by Gasteiger charge is 2.31. The first-order valence-corrected chi connectivity index (χ1v) is 15.6. The lowest BCUT2D eigenvalue weighted by Gasteiger charge is -2.30. The average Bonchev–Trinajstić information content (AvgIpc) is 3.26. The highest BCUT2D eigenvalue weighted by Crippen LogP contribution is 2.20. The number of hydrogen-bond acceptors (Lipinski definition) is 7. The number of anilines is 1. The van der Waals surface area contributed by atoms with Gasteiger partial charge in [0, 0.05) is 50.1 Å². The third kappa shape index (κ3) is 13.0. The minimum atomic E-state index is -0.817. The Hall–Kier alpha value is -3.80. The summed E-state index contributed by atoms with van der Waals surface area (Å²) in [5.74, 6) is -2.06. The maximum Gasteiger partial charge on any atom is 0.246 e. The topological polar surface area (TPSA) is 163 Å². The Morgan fingerprint density at radius 2 is 1.44 bits per heavy atom. The number of benzene rings is 1. The van der Waals surface area contributed by atoms with Crippen molar-refractivity contribution < 1.29 is 33.5 Å². The van der Waals surface area contributed by atoms with Crippen LogP contribution in [0.25, 0.3) is 0 Å². The van der Waals surface area contributed by atoms with E-state index in [1.165, 1.54) is 0 Å². The van der Waals surface area contributed by atoms with Gasteiger partial charge in [-0.3, -0.25) is 33.7 Å². The second kappa shape index (κ2) is 16.5. The molecule has 1 unspecified atom stereocenters. The van der Waals surface area contributed by atoms with E-state index < -0.39 is 29.1 Å². The Balaban J connectivity index is 1.76. The molecule has 0 aliphatic carbocycles. The van der Waals surface area contributed by atoms with Crippen LogP contribution in [0.2, 0.25) is 0 Å². The molecule has 4 N–H and O–H groups in total. The summed E-state index contributed by atoms with van der Waals surface area (Å²) in [5.41, 5.74) is 0.459. The van der Waals surface area contributed by atoms with Gasteiger partial charge in [-0.2, -0.15) is 0 Å². The van der Waals surface area contributed by atoms with Crippen molar-refractivity contribution in [3.05, 3.63) is 29.8 Å². The molecule has 2 atom stereocenters. The zero-order valence-electron chi connectivity index (χ0n) is 28.0. The number of carbonyl (C=O) groups excluding carboxylic acids is 6. The summed E-state index contributed by atoms with van der Waals surface area (Å²) in [6.07, 6.45) is 1.46. The summed E-state index contributed by atoms with van der Waals surface area (Å²) in [4.78, 5) is 75.5. The average molecular weight is 630 g/mol. The Bertz CT molecular complexity index is 1210. The number of imide groups is 1. The van der Waals surface area contributed by atoms with E-state index in [1.54, 1.807) is 19.1 Å². The first kappa shape index (κ1) is 37.4. The van der Waals surface area contributed by atoms with Gasteiger partial charge in [-0.1, -0.05) is 31.5 Å². The second-order valence-corrected chi connectivity index (χ2v) is 13.4. The number of carbonyl (C=O) groups is 6. The molecule has 12 heteroatoms. The monoisotopic (exact) mass is 629 g/mol. The van der Waals surface area contributed by atoms with Crippen molar-refractivity contribution in [2.75, 3.05) is 18.5 Å². The Labute approximate surface area is 266 Å².